The first-order valence-corrected chi connectivity index (χ1v) is 11.6. The number of thiophene rings is 1. The van der Waals surface area contributed by atoms with Gasteiger partial charge in [-0.1, -0.05) is 29.8 Å². The molecular weight excluding hydrogens is 432 g/mol. The van der Waals surface area contributed by atoms with Gasteiger partial charge in [0.25, 0.3) is 5.91 Å². The average molecular weight is 457 g/mol. The van der Waals surface area contributed by atoms with Crippen LogP contribution in [0.15, 0.2) is 66.0 Å². The fourth-order valence-corrected chi connectivity index (χ4v) is 4.51. The van der Waals surface area contributed by atoms with E-state index in [0.717, 1.165) is 37.6 Å². The molecule has 0 saturated carbocycles. The zero-order chi connectivity index (χ0) is 21.5. The molecule has 1 aliphatic rings. The van der Waals surface area contributed by atoms with E-state index in [2.05, 4.69) is 27.7 Å². The highest BCUT2D eigenvalue weighted by Crippen LogP contribution is 2.25. The molecule has 0 radical (unpaired) electrons. The quantitative estimate of drug-likeness (QED) is 0.529. The van der Waals surface area contributed by atoms with Crippen LogP contribution in [0, 0.1) is 0 Å². The molecule has 162 valence electrons. The van der Waals surface area contributed by atoms with Crippen LogP contribution in [0.3, 0.4) is 0 Å². The van der Waals surface area contributed by atoms with Gasteiger partial charge in [0.15, 0.2) is 0 Å². The molecule has 1 atom stereocenters. The number of ether oxygens (including phenoxy) is 2. The second-order valence-electron chi connectivity index (χ2n) is 7.33. The molecule has 31 heavy (non-hydrogen) atoms. The maximum absolute atomic E-state index is 12.7. The molecule has 1 saturated heterocycles. The number of hydrogen-bond acceptors (Lipinski definition) is 5. The van der Waals surface area contributed by atoms with Crippen molar-refractivity contribution in [2.24, 2.45) is 0 Å². The predicted octanol–water partition coefficient (Wildman–Crippen LogP) is 4.78. The van der Waals surface area contributed by atoms with Crippen molar-refractivity contribution in [1.82, 2.24) is 10.2 Å². The summed E-state index contributed by atoms with van der Waals surface area (Å²) in [5.41, 5.74) is 1.64. The minimum atomic E-state index is -0.0695. The SMILES string of the molecule is O=C(NC[C@@H](c1cccs1)N1CCOCC1)c1ccc(COc2ccc(Cl)cc2)cc1. The topological polar surface area (TPSA) is 50.8 Å². The van der Waals surface area contributed by atoms with Gasteiger partial charge in [0.1, 0.15) is 12.4 Å². The molecule has 1 fully saturated rings. The van der Waals surface area contributed by atoms with Gasteiger partial charge in [-0.15, -0.1) is 11.3 Å². The maximum Gasteiger partial charge on any atom is 0.251 e. The molecule has 2 heterocycles. The molecule has 1 aromatic heterocycles. The molecule has 5 nitrogen and oxygen atoms in total. The number of nitrogens with zero attached hydrogens (tertiary/aromatic N) is 1. The number of benzene rings is 2. The van der Waals surface area contributed by atoms with E-state index in [4.69, 9.17) is 21.1 Å². The highest BCUT2D eigenvalue weighted by Gasteiger charge is 2.24. The lowest BCUT2D eigenvalue weighted by atomic mass is 10.1. The van der Waals surface area contributed by atoms with Gasteiger partial charge < -0.3 is 14.8 Å². The summed E-state index contributed by atoms with van der Waals surface area (Å²) in [6.07, 6.45) is 0. The number of nitrogens with one attached hydrogen (secondary N) is 1. The molecule has 1 aliphatic heterocycles. The maximum atomic E-state index is 12.7. The standard InChI is InChI=1S/C24H25ClN2O3S/c25-20-7-9-21(10-8-20)30-17-18-3-5-19(6-4-18)24(28)26-16-22(23-2-1-15-31-23)27-11-13-29-14-12-27/h1-10,15,22H,11-14,16-17H2,(H,26,28)/t22-/m0/s1. The van der Waals surface area contributed by atoms with Gasteiger partial charge in [-0.25, -0.2) is 0 Å². The monoisotopic (exact) mass is 456 g/mol. The summed E-state index contributed by atoms with van der Waals surface area (Å²) in [6.45, 7) is 4.22. The molecule has 2 aromatic carbocycles. The Hall–Kier alpha value is -2.38. The van der Waals surface area contributed by atoms with Gasteiger partial charge in [0.2, 0.25) is 0 Å². The second kappa shape index (κ2) is 10.8. The number of halogens is 1. The first-order chi connectivity index (χ1) is 15.2. The Labute approximate surface area is 191 Å². The summed E-state index contributed by atoms with van der Waals surface area (Å²) in [7, 11) is 0. The molecule has 0 spiro atoms. The lowest BCUT2D eigenvalue weighted by Crippen LogP contribution is -2.43. The molecule has 7 heteroatoms. The van der Waals surface area contributed by atoms with Crippen LogP contribution in [0.1, 0.15) is 26.8 Å². The lowest BCUT2D eigenvalue weighted by molar-refractivity contribution is 0.0169. The van der Waals surface area contributed by atoms with Crippen molar-refractivity contribution < 1.29 is 14.3 Å². The van der Waals surface area contributed by atoms with Crippen molar-refractivity contribution in [3.63, 3.8) is 0 Å². The van der Waals surface area contributed by atoms with Gasteiger partial charge in [0.05, 0.1) is 19.3 Å². The van der Waals surface area contributed by atoms with Crippen LogP contribution in [0.2, 0.25) is 5.02 Å². The van der Waals surface area contributed by atoms with Crippen LogP contribution in [-0.4, -0.2) is 43.7 Å². The highest BCUT2D eigenvalue weighted by molar-refractivity contribution is 7.10. The molecular formula is C24H25ClN2O3S. The summed E-state index contributed by atoms with van der Waals surface area (Å²) < 4.78 is 11.2. The van der Waals surface area contributed by atoms with Crippen molar-refractivity contribution in [2.75, 3.05) is 32.8 Å². The Balaban J connectivity index is 1.32. The number of hydrogen-bond donors (Lipinski definition) is 1. The van der Waals surface area contributed by atoms with E-state index >= 15 is 0 Å². The number of morpholine rings is 1. The molecule has 1 amide bonds. The van der Waals surface area contributed by atoms with Crippen molar-refractivity contribution in [2.45, 2.75) is 12.6 Å². The molecule has 0 unspecified atom stereocenters. The number of rotatable bonds is 8. The van der Waals surface area contributed by atoms with Gasteiger partial charge >= 0.3 is 0 Å². The number of amides is 1. The van der Waals surface area contributed by atoms with E-state index < -0.39 is 0 Å². The number of carbonyl (C=O) groups is 1. The van der Waals surface area contributed by atoms with Crippen molar-refractivity contribution >= 4 is 28.8 Å². The predicted molar refractivity (Wildman–Crippen MR) is 124 cm³/mol. The average Bonchev–Trinajstić information content (AvgIpc) is 3.34. The van der Waals surface area contributed by atoms with Crippen LogP contribution in [0.4, 0.5) is 0 Å². The molecule has 4 rings (SSSR count). The Bertz CT molecular complexity index is 956. The van der Waals surface area contributed by atoms with Crippen molar-refractivity contribution in [3.8, 4) is 5.75 Å². The van der Waals surface area contributed by atoms with Gasteiger partial charge in [-0.2, -0.15) is 0 Å². The summed E-state index contributed by atoms with van der Waals surface area (Å²) in [5.74, 6) is 0.689. The first kappa shape index (κ1) is 21.8. The summed E-state index contributed by atoms with van der Waals surface area (Å²) in [4.78, 5) is 16.4. The third-order valence-corrected chi connectivity index (χ3v) is 6.47. The normalized spacial score (nSPS) is 15.4. The van der Waals surface area contributed by atoms with Crippen LogP contribution < -0.4 is 10.1 Å². The molecule has 0 bridgehead atoms. The second-order valence-corrected chi connectivity index (χ2v) is 8.74. The minimum absolute atomic E-state index is 0.0695. The summed E-state index contributed by atoms with van der Waals surface area (Å²) in [5, 5.41) is 5.87. The van der Waals surface area contributed by atoms with Crippen LogP contribution >= 0.6 is 22.9 Å². The van der Waals surface area contributed by atoms with Crippen LogP contribution in [0.25, 0.3) is 0 Å². The Kier molecular flexibility index (Phi) is 7.59. The Morgan fingerprint density at radius 2 is 1.84 bits per heavy atom. The minimum Gasteiger partial charge on any atom is -0.489 e. The van der Waals surface area contributed by atoms with Crippen molar-refractivity contribution in [3.05, 3.63) is 87.1 Å². The highest BCUT2D eigenvalue weighted by atomic mass is 35.5. The summed E-state index contributed by atoms with van der Waals surface area (Å²) >= 11 is 7.62. The zero-order valence-corrected chi connectivity index (χ0v) is 18.7. The van der Waals surface area contributed by atoms with E-state index in [1.165, 1.54) is 4.88 Å². The van der Waals surface area contributed by atoms with Gasteiger partial charge in [0, 0.05) is 35.1 Å². The molecule has 1 N–H and O–H groups in total. The van der Waals surface area contributed by atoms with E-state index in [0.29, 0.717) is 23.7 Å². The van der Waals surface area contributed by atoms with Crippen LogP contribution in [-0.2, 0) is 11.3 Å². The number of carbonyl (C=O) groups excluding carboxylic acids is 1. The van der Waals surface area contributed by atoms with E-state index in [-0.39, 0.29) is 11.9 Å². The fraction of sp³-hybridized carbons (Fsp3) is 0.292. The molecule has 3 aromatic rings. The Morgan fingerprint density at radius 3 is 2.52 bits per heavy atom. The molecule has 0 aliphatic carbocycles. The lowest BCUT2D eigenvalue weighted by Gasteiger charge is -2.34. The zero-order valence-electron chi connectivity index (χ0n) is 17.1. The van der Waals surface area contributed by atoms with E-state index in [1.807, 2.05) is 36.4 Å². The van der Waals surface area contributed by atoms with Crippen LogP contribution in [0.5, 0.6) is 5.75 Å². The van der Waals surface area contributed by atoms with Crippen molar-refractivity contribution in [1.29, 1.82) is 0 Å². The van der Waals surface area contributed by atoms with E-state index in [9.17, 15) is 4.79 Å². The first-order valence-electron chi connectivity index (χ1n) is 10.3. The third-order valence-electron chi connectivity index (χ3n) is 5.25. The largest absolute Gasteiger partial charge is 0.489 e. The Morgan fingerprint density at radius 1 is 1.10 bits per heavy atom. The van der Waals surface area contributed by atoms with E-state index in [1.54, 1.807) is 23.5 Å². The van der Waals surface area contributed by atoms with Gasteiger partial charge in [-0.3, -0.25) is 9.69 Å². The fourth-order valence-electron chi connectivity index (χ4n) is 3.52. The van der Waals surface area contributed by atoms with Gasteiger partial charge in [-0.05, 0) is 53.4 Å². The summed E-state index contributed by atoms with van der Waals surface area (Å²) in [6, 6.07) is 19.1. The smallest absolute Gasteiger partial charge is 0.251 e. The third kappa shape index (κ3) is 6.08.